The first-order valence-electron chi connectivity index (χ1n) is 17.7. The summed E-state index contributed by atoms with van der Waals surface area (Å²) in [4.78, 5) is 10.1. The van der Waals surface area contributed by atoms with Crippen LogP contribution in [0.5, 0.6) is 0 Å². The maximum Gasteiger partial charge on any atom is 0.160 e. The molecule has 244 valence electrons. The van der Waals surface area contributed by atoms with Gasteiger partial charge in [-0.3, -0.25) is 0 Å². The number of nitrogens with zero attached hydrogens (tertiary/aromatic N) is 2. The van der Waals surface area contributed by atoms with Crippen molar-refractivity contribution in [3.8, 4) is 78.4 Å². The number of fused-ring (bicyclic) bond motifs is 1. The SMILES string of the molecule is c1ccc(-c2ccc(-c3cc(-c4ccc(-c5ccc(-c6ccc(-c7ccccc7)cc6)c6ccccc56)cc4)nc(-c4ccccc4)n3)cc2)cc1. The molecule has 0 unspecified atom stereocenters. The first-order chi connectivity index (χ1) is 25.8. The first-order valence-corrected chi connectivity index (χ1v) is 17.7. The highest BCUT2D eigenvalue weighted by Gasteiger charge is 2.13. The highest BCUT2D eigenvalue weighted by atomic mass is 14.9. The van der Waals surface area contributed by atoms with Crippen LogP contribution in [0, 0.1) is 0 Å². The molecular weight excluding hydrogens is 629 g/mol. The summed E-state index contributed by atoms with van der Waals surface area (Å²) in [7, 11) is 0. The van der Waals surface area contributed by atoms with E-state index in [1.807, 2.05) is 24.3 Å². The monoisotopic (exact) mass is 662 g/mol. The average molecular weight is 663 g/mol. The Morgan fingerprint density at radius 3 is 0.942 bits per heavy atom. The highest BCUT2D eigenvalue weighted by Crippen LogP contribution is 2.37. The minimum Gasteiger partial charge on any atom is -0.228 e. The summed E-state index contributed by atoms with van der Waals surface area (Å²) in [5.74, 6) is 0.711. The summed E-state index contributed by atoms with van der Waals surface area (Å²) < 4.78 is 0. The smallest absolute Gasteiger partial charge is 0.160 e. The molecule has 2 nitrogen and oxygen atoms in total. The number of benzene rings is 8. The van der Waals surface area contributed by atoms with Crippen molar-refractivity contribution in [3.05, 3.63) is 206 Å². The van der Waals surface area contributed by atoms with Crippen molar-refractivity contribution in [2.75, 3.05) is 0 Å². The van der Waals surface area contributed by atoms with E-state index in [1.54, 1.807) is 0 Å². The summed E-state index contributed by atoms with van der Waals surface area (Å²) in [6.07, 6.45) is 0. The van der Waals surface area contributed by atoms with Gasteiger partial charge >= 0.3 is 0 Å². The van der Waals surface area contributed by atoms with Gasteiger partial charge in [0, 0.05) is 16.7 Å². The summed E-state index contributed by atoms with van der Waals surface area (Å²) in [5, 5.41) is 2.47. The van der Waals surface area contributed by atoms with Crippen LogP contribution in [0.3, 0.4) is 0 Å². The molecule has 9 rings (SSSR count). The van der Waals surface area contributed by atoms with Gasteiger partial charge in [0.2, 0.25) is 0 Å². The van der Waals surface area contributed by atoms with Crippen molar-refractivity contribution in [2.45, 2.75) is 0 Å². The van der Waals surface area contributed by atoms with E-state index in [4.69, 9.17) is 9.97 Å². The van der Waals surface area contributed by atoms with E-state index in [2.05, 4.69) is 182 Å². The van der Waals surface area contributed by atoms with Crippen molar-refractivity contribution < 1.29 is 0 Å². The molecule has 0 saturated carbocycles. The number of hydrogen-bond donors (Lipinski definition) is 0. The summed E-state index contributed by atoms with van der Waals surface area (Å²) in [5.41, 5.74) is 14.5. The highest BCUT2D eigenvalue weighted by molar-refractivity contribution is 6.05. The lowest BCUT2D eigenvalue weighted by molar-refractivity contribution is 1.18. The zero-order valence-corrected chi connectivity index (χ0v) is 28.5. The van der Waals surface area contributed by atoms with Crippen LogP contribution in [0.25, 0.3) is 89.2 Å². The van der Waals surface area contributed by atoms with Crippen LogP contribution in [0.2, 0.25) is 0 Å². The Kier molecular flexibility index (Phi) is 8.24. The average Bonchev–Trinajstić information content (AvgIpc) is 3.24. The normalized spacial score (nSPS) is 11.1. The van der Waals surface area contributed by atoms with Gasteiger partial charge in [0.05, 0.1) is 11.4 Å². The first kappa shape index (κ1) is 31.1. The third-order valence-electron chi connectivity index (χ3n) is 9.76. The molecule has 0 N–H and O–H groups in total. The number of aromatic nitrogens is 2. The molecule has 0 fully saturated rings. The fourth-order valence-corrected chi connectivity index (χ4v) is 7.02. The molecule has 0 aliphatic carbocycles. The molecule has 0 spiro atoms. The van der Waals surface area contributed by atoms with E-state index >= 15 is 0 Å². The zero-order valence-electron chi connectivity index (χ0n) is 28.5. The molecule has 2 heteroatoms. The fourth-order valence-electron chi connectivity index (χ4n) is 7.02. The predicted octanol–water partition coefficient (Wildman–Crippen LogP) is 13.3. The van der Waals surface area contributed by atoms with Crippen LogP contribution in [0.1, 0.15) is 0 Å². The van der Waals surface area contributed by atoms with Crippen LogP contribution >= 0.6 is 0 Å². The lowest BCUT2D eigenvalue weighted by Gasteiger charge is -2.14. The third kappa shape index (κ3) is 6.19. The van der Waals surface area contributed by atoms with Crippen LogP contribution in [0.4, 0.5) is 0 Å². The second-order valence-electron chi connectivity index (χ2n) is 13.0. The van der Waals surface area contributed by atoms with Crippen LogP contribution in [-0.4, -0.2) is 9.97 Å². The standard InChI is InChI=1S/C50H34N2/c1-4-12-35(13-5-1)37-20-24-39(25-21-37)44-32-33-45(47-19-11-10-18-46(44)47)40-26-30-42(31-27-40)49-34-48(51-50(52-49)43-16-8-3-9-17-43)41-28-22-38(23-29-41)36-14-6-2-7-15-36/h1-34H. The second kappa shape index (κ2) is 13.8. The molecule has 1 aromatic heterocycles. The molecule has 0 aliphatic heterocycles. The van der Waals surface area contributed by atoms with E-state index in [-0.39, 0.29) is 0 Å². The van der Waals surface area contributed by atoms with Crippen molar-refractivity contribution >= 4 is 10.8 Å². The van der Waals surface area contributed by atoms with E-state index in [0.29, 0.717) is 5.82 Å². The van der Waals surface area contributed by atoms with Gasteiger partial charge < -0.3 is 0 Å². The Hall–Kier alpha value is -6.90. The number of hydrogen-bond acceptors (Lipinski definition) is 2. The van der Waals surface area contributed by atoms with E-state index in [1.165, 1.54) is 55.3 Å². The quantitative estimate of drug-likeness (QED) is 0.170. The molecule has 9 aromatic rings. The van der Waals surface area contributed by atoms with Crippen LogP contribution in [-0.2, 0) is 0 Å². The molecule has 0 atom stereocenters. The van der Waals surface area contributed by atoms with E-state index < -0.39 is 0 Å². The van der Waals surface area contributed by atoms with Gasteiger partial charge in [0.15, 0.2) is 5.82 Å². The molecule has 0 radical (unpaired) electrons. The molecule has 1 heterocycles. The Labute approximate surface area is 304 Å². The van der Waals surface area contributed by atoms with Crippen molar-refractivity contribution in [1.29, 1.82) is 0 Å². The van der Waals surface area contributed by atoms with Gasteiger partial charge in [-0.05, 0) is 61.3 Å². The molecule has 8 aromatic carbocycles. The largest absolute Gasteiger partial charge is 0.228 e. The molecule has 0 amide bonds. The maximum atomic E-state index is 5.08. The molecule has 0 aliphatic rings. The van der Waals surface area contributed by atoms with Crippen molar-refractivity contribution in [3.63, 3.8) is 0 Å². The van der Waals surface area contributed by atoms with E-state index in [0.717, 1.165) is 28.1 Å². The van der Waals surface area contributed by atoms with Crippen LogP contribution in [0.15, 0.2) is 206 Å². The lowest BCUT2D eigenvalue weighted by Crippen LogP contribution is -1.96. The minimum atomic E-state index is 0.711. The summed E-state index contributed by atoms with van der Waals surface area (Å²) in [6, 6.07) is 72.9. The van der Waals surface area contributed by atoms with Gasteiger partial charge in [-0.25, -0.2) is 9.97 Å². The van der Waals surface area contributed by atoms with Gasteiger partial charge in [0.25, 0.3) is 0 Å². The maximum absolute atomic E-state index is 5.08. The summed E-state index contributed by atoms with van der Waals surface area (Å²) in [6.45, 7) is 0. The van der Waals surface area contributed by atoms with Crippen molar-refractivity contribution in [1.82, 2.24) is 9.97 Å². The molecule has 0 bridgehead atoms. The lowest BCUT2D eigenvalue weighted by atomic mass is 9.91. The van der Waals surface area contributed by atoms with Crippen LogP contribution < -0.4 is 0 Å². The van der Waals surface area contributed by atoms with Crippen molar-refractivity contribution in [2.24, 2.45) is 0 Å². The topological polar surface area (TPSA) is 25.8 Å². The second-order valence-corrected chi connectivity index (χ2v) is 13.0. The Morgan fingerprint density at radius 2 is 0.538 bits per heavy atom. The van der Waals surface area contributed by atoms with Gasteiger partial charge in [0.1, 0.15) is 0 Å². The molecular formula is C50H34N2. The summed E-state index contributed by atoms with van der Waals surface area (Å²) >= 11 is 0. The van der Waals surface area contributed by atoms with Gasteiger partial charge in [-0.1, -0.05) is 200 Å². The molecule has 52 heavy (non-hydrogen) atoms. The Bertz CT molecular complexity index is 2610. The van der Waals surface area contributed by atoms with Gasteiger partial charge in [-0.2, -0.15) is 0 Å². The third-order valence-corrected chi connectivity index (χ3v) is 9.76. The zero-order chi connectivity index (χ0) is 34.7. The minimum absolute atomic E-state index is 0.711. The predicted molar refractivity (Wildman–Crippen MR) is 218 cm³/mol. The van der Waals surface area contributed by atoms with Gasteiger partial charge in [-0.15, -0.1) is 0 Å². The Morgan fingerprint density at radius 1 is 0.231 bits per heavy atom. The fraction of sp³-hybridized carbons (Fsp3) is 0. The van der Waals surface area contributed by atoms with E-state index in [9.17, 15) is 0 Å². The Balaban J connectivity index is 1.06. The number of rotatable bonds is 7. The molecule has 0 saturated heterocycles.